The predicted molar refractivity (Wildman–Crippen MR) is 5.94 cm³/mol. The Labute approximate surface area is 31.2 Å². The molecule has 0 aromatic rings. The molecule has 27 valence electrons. The second-order valence-electron chi connectivity index (χ2n) is 0. The monoisotopic (exact) mass is 105 g/mol. The van der Waals surface area contributed by atoms with Gasteiger partial charge in [0.05, 0.1) is 0 Å². The van der Waals surface area contributed by atoms with Gasteiger partial charge in [0.25, 0.3) is 0 Å². The van der Waals surface area contributed by atoms with Crippen LogP contribution in [0.4, 0.5) is 0 Å². The van der Waals surface area contributed by atoms with Crippen molar-refractivity contribution in [1.82, 2.24) is 0 Å². The van der Waals surface area contributed by atoms with Crippen LogP contribution in [0.25, 0.3) is 0 Å². The third kappa shape index (κ3) is 60.0. The molecule has 0 aliphatic heterocycles. The molecule has 4 heteroatoms. The Morgan fingerprint density at radius 3 is 1.25 bits per heavy atom. The molecule has 2 N–H and O–H groups in total. The topological polar surface area (TPSA) is 57.5 Å². The van der Waals surface area contributed by atoms with Gasteiger partial charge in [-0.1, -0.05) is 0 Å². The quantitative estimate of drug-likeness (QED) is 0.257. The molecule has 0 aliphatic carbocycles. The van der Waals surface area contributed by atoms with Gasteiger partial charge in [0.15, 0.2) is 0 Å². The first-order chi connectivity index (χ1) is 2.00. The molecule has 3 nitrogen and oxygen atoms in total. The second kappa shape index (κ2) is 283. The Kier molecular flexibility index (Phi) is 628. The fourth-order valence-electron chi connectivity index (χ4n) is 0. The van der Waals surface area contributed by atoms with E-state index >= 15 is 0 Å². The van der Waals surface area contributed by atoms with Gasteiger partial charge in [0, 0.05) is 0 Å². The van der Waals surface area contributed by atoms with Gasteiger partial charge in [0.2, 0.25) is 0 Å². The summed E-state index contributed by atoms with van der Waals surface area (Å²) in [6, 6.07) is 0. The van der Waals surface area contributed by atoms with Crippen LogP contribution in [0.1, 0.15) is 0 Å². The maximum absolute atomic E-state index is 8.06. The van der Waals surface area contributed by atoms with Crippen molar-refractivity contribution in [2.24, 2.45) is 0 Å². The molecule has 0 unspecified atom stereocenters. The fourth-order valence-corrected chi connectivity index (χ4v) is 0. The molecule has 4 heavy (non-hydrogen) atoms. The van der Waals surface area contributed by atoms with Gasteiger partial charge in [-0.15, -0.1) is 0 Å². The van der Waals surface area contributed by atoms with Crippen molar-refractivity contribution in [1.29, 1.82) is 0 Å². The Balaban J connectivity index is 0. The van der Waals surface area contributed by atoms with E-state index in [1.807, 2.05) is 0 Å². The van der Waals surface area contributed by atoms with Gasteiger partial charge in [-0.2, -0.15) is 0 Å². The zero-order chi connectivity index (χ0) is 4.00. The molecule has 0 amide bonds. The zero-order valence-electron chi connectivity index (χ0n) is 1.68. The number of hydrogen-bond donors (Lipinski definition) is 2. The summed E-state index contributed by atoms with van der Waals surface area (Å²) in [5, 5.41) is 12.0. The fraction of sp³-hybridized carbons (Fsp3) is 0. The van der Waals surface area contributed by atoms with Crippen molar-refractivity contribution in [3.63, 3.8) is 0 Å². The van der Waals surface area contributed by atoms with E-state index < -0.39 is 0 Å². The predicted octanol–water partition coefficient (Wildman–Crippen LogP) is -0.104. The van der Waals surface area contributed by atoms with E-state index in [9.17, 15) is 0 Å². The molecule has 0 rings (SSSR count). The molecule has 0 fully saturated rings. The van der Waals surface area contributed by atoms with Gasteiger partial charge in [-0.25, -0.2) is 0 Å². The molecule has 0 radical (unpaired) electrons. The SMILES string of the molecule is OO.[O]=[Mn]. The molecule has 0 saturated heterocycles. The van der Waals surface area contributed by atoms with Crippen LogP contribution < -0.4 is 0 Å². The third-order valence-corrected chi connectivity index (χ3v) is 0. The van der Waals surface area contributed by atoms with Crippen molar-refractivity contribution < 1.29 is 30.3 Å². The summed E-state index contributed by atoms with van der Waals surface area (Å²) in [7, 11) is 0. The van der Waals surface area contributed by atoms with E-state index in [2.05, 4.69) is 0 Å². The van der Waals surface area contributed by atoms with E-state index in [1.165, 1.54) is 0 Å². The Bertz CT molecular complexity index is 3.25. The van der Waals surface area contributed by atoms with Crippen LogP contribution in [0.15, 0.2) is 0 Å². The summed E-state index contributed by atoms with van der Waals surface area (Å²) in [6.45, 7) is 0. The summed E-state index contributed by atoms with van der Waals surface area (Å²) in [4.78, 5) is 0. The molecule has 0 heterocycles. The summed E-state index contributed by atoms with van der Waals surface area (Å²) >= 11 is 1.69. The summed E-state index contributed by atoms with van der Waals surface area (Å²) in [5.41, 5.74) is 0. The van der Waals surface area contributed by atoms with E-state index in [4.69, 9.17) is 14.3 Å². The normalized spacial score (nSPS) is 2.50. The first-order valence-corrected chi connectivity index (χ1v) is 0.836. The molecule has 0 saturated carbocycles. The van der Waals surface area contributed by atoms with E-state index in [0.29, 0.717) is 0 Å². The standard InChI is InChI=1S/Mn.H2O2.O/c;1-2;/h;1-2H;. The Morgan fingerprint density at radius 2 is 1.25 bits per heavy atom. The average molecular weight is 105 g/mol. The van der Waals surface area contributed by atoms with Crippen LogP contribution in [0.5, 0.6) is 0 Å². The van der Waals surface area contributed by atoms with Crippen LogP contribution >= 0.6 is 0 Å². The first kappa shape index (κ1) is 8.87. The summed E-state index contributed by atoms with van der Waals surface area (Å²) < 4.78 is 8.06. The van der Waals surface area contributed by atoms with E-state index in [1.54, 1.807) is 15.9 Å². The molecule has 0 bridgehead atoms. The van der Waals surface area contributed by atoms with Crippen LogP contribution in [0, 0.1) is 0 Å². The van der Waals surface area contributed by atoms with Crippen molar-refractivity contribution in [2.75, 3.05) is 0 Å². The second-order valence-corrected chi connectivity index (χ2v) is 0. The third-order valence-electron chi connectivity index (χ3n) is 0. The molecular formula is H2MnO3. The molecule has 0 aliphatic rings. The summed E-state index contributed by atoms with van der Waals surface area (Å²) in [6.07, 6.45) is 0. The first-order valence-electron chi connectivity index (χ1n) is 0.354. The van der Waals surface area contributed by atoms with Gasteiger partial charge in [-0.3, -0.25) is 10.5 Å². The Hall–Kier alpha value is 0.239. The van der Waals surface area contributed by atoms with Crippen molar-refractivity contribution in [3.05, 3.63) is 0 Å². The van der Waals surface area contributed by atoms with Gasteiger partial charge in [0.1, 0.15) is 0 Å². The van der Waals surface area contributed by atoms with Gasteiger partial charge in [-0.05, 0) is 0 Å². The van der Waals surface area contributed by atoms with Crippen molar-refractivity contribution in [2.45, 2.75) is 0 Å². The number of hydrogen-bond acceptors (Lipinski definition) is 3. The molecule has 0 aromatic carbocycles. The summed E-state index contributed by atoms with van der Waals surface area (Å²) in [5.74, 6) is 0. The van der Waals surface area contributed by atoms with Crippen LogP contribution in [0.2, 0.25) is 0 Å². The van der Waals surface area contributed by atoms with Crippen LogP contribution in [-0.4, -0.2) is 10.5 Å². The van der Waals surface area contributed by atoms with Crippen molar-refractivity contribution in [3.8, 4) is 0 Å². The van der Waals surface area contributed by atoms with E-state index in [0.717, 1.165) is 0 Å². The van der Waals surface area contributed by atoms with Crippen LogP contribution in [0.3, 0.4) is 0 Å². The van der Waals surface area contributed by atoms with Crippen molar-refractivity contribution >= 4 is 0 Å². The van der Waals surface area contributed by atoms with Gasteiger partial charge >= 0.3 is 19.8 Å². The minimum atomic E-state index is 1.69. The molecule has 0 atom stereocenters. The minimum absolute atomic E-state index is 1.69. The maximum atomic E-state index is 8.06. The van der Waals surface area contributed by atoms with Gasteiger partial charge < -0.3 is 0 Å². The molecule has 0 aromatic heterocycles. The van der Waals surface area contributed by atoms with Crippen LogP contribution in [-0.2, 0) is 19.8 Å². The Morgan fingerprint density at radius 1 is 1.25 bits per heavy atom. The average Bonchev–Trinajstić information content (AvgIpc) is 1.50. The zero-order valence-corrected chi connectivity index (χ0v) is 2.86. The molecular weight excluding hydrogens is 103 g/mol. The number of rotatable bonds is 0. The molecule has 0 spiro atoms. The van der Waals surface area contributed by atoms with E-state index in [-0.39, 0.29) is 0 Å².